The molecule has 1 aromatic heterocycles. The molecule has 2 aromatic rings. The second-order valence-electron chi connectivity index (χ2n) is 6.07. The first-order chi connectivity index (χ1) is 10.1. The van der Waals surface area contributed by atoms with Gasteiger partial charge in [-0.1, -0.05) is 6.92 Å². The quantitative estimate of drug-likeness (QED) is 0.557. The van der Waals surface area contributed by atoms with Crippen LogP contribution in [0.15, 0.2) is 18.2 Å². The Kier molecular flexibility index (Phi) is 4.76. The molecule has 3 rings (SSSR count). The summed E-state index contributed by atoms with van der Waals surface area (Å²) in [5.74, 6) is 2.40. The molecule has 0 bridgehead atoms. The third-order valence-corrected chi connectivity index (χ3v) is 5.30. The number of fused-ring (bicyclic) bond motifs is 1. The number of imidazole rings is 1. The van der Waals surface area contributed by atoms with E-state index >= 15 is 0 Å². The third kappa shape index (κ3) is 3.08. The number of alkyl halides is 1. The van der Waals surface area contributed by atoms with Crippen LogP contribution in [0.4, 0.5) is 0 Å². The van der Waals surface area contributed by atoms with Gasteiger partial charge in [-0.05, 0) is 66.7 Å². The zero-order chi connectivity index (χ0) is 15.0. The number of benzene rings is 1. The molecule has 0 amide bonds. The summed E-state index contributed by atoms with van der Waals surface area (Å²) < 4.78 is 3.70. The first-order valence-corrected chi connectivity index (χ1v) is 9.12. The minimum absolute atomic E-state index is 0.532. The number of aromatic nitrogens is 2. The van der Waals surface area contributed by atoms with Crippen LogP contribution in [-0.2, 0) is 6.42 Å². The van der Waals surface area contributed by atoms with Crippen molar-refractivity contribution in [2.24, 2.45) is 5.92 Å². The lowest BCUT2D eigenvalue weighted by Gasteiger charge is -2.36. The van der Waals surface area contributed by atoms with Gasteiger partial charge in [0.15, 0.2) is 0 Å². The standard InChI is InChI=1S/C16H21ClIN3/c1-11-10-20(2)8-6-14(11)21-15-4-3-12(18)9-13(15)19-16(21)5-7-17/h3-4,9,11,14H,5-8,10H2,1-2H3. The van der Waals surface area contributed by atoms with Crippen LogP contribution >= 0.6 is 34.2 Å². The van der Waals surface area contributed by atoms with Crippen LogP contribution < -0.4 is 0 Å². The van der Waals surface area contributed by atoms with E-state index in [2.05, 4.69) is 64.2 Å². The predicted octanol–water partition coefficient (Wildman–Crippen LogP) is 3.93. The van der Waals surface area contributed by atoms with E-state index in [-0.39, 0.29) is 0 Å². The zero-order valence-electron chi connectivity index (χ0n) is 12.5. The van der Waals surface area contributed by atoms with Crippen LogP contribution in [0.1, 0.15) is 25.2 Å². The van der Waals surface area contributed by atoms with Crippen molar-refractivity contribution >= 4 is 45.2 Å². The molecule has 0 N–H and O–H groups in total. The summed E-state index contributed by atoms with van der Waals surface area (Å²) in [5, 5.41) is 0. The maximum Gasteiger partial charge on any atom is 0.111 e. The van der Waals surface area contributed by atoms with Gasteiger partial charge in [-0.15, -0.1) is 11.6 Å². The van der Waals surface area contributed by atoms with E-state index in [1.54, 1.807) is 0 Å². The SMILES string of the molecule is CC1CN(C)CCC1n1c(CCCl)nc2cc(I)ccc21. The number of hydrogen-bond donors (Lipinski definition) is 0. The van der Waals surface area contributed by atoms with Crippen molar-refractivity contribution in [2.45, 2.75) is 25.8 Å². The van der Waals surface area contributed by atoms with Gasteiger partial charge in [0.1, 0.15) is 5.82 Å². The molecule has 0 saturated carbocycles. The maximum absolute atomic E-state index is 6.00. The monoisotopic (exact) mass is 417 g/mol. The molecule has 5 heteroatoms. The maximum atomic E-state index is 6.00. The number of hydrogen-bond acceptors (Lipinski definition) is 2. The fraction of sp³-hybridized carbons (Fsp3) is 0.562. The van der Waals surface area contributed by atoms with Crippen molar-refractivity contribution in [3.8, 4) is 0 Å². The van der Waals surface area contributed by atoms with Crippen molar-refractivity contribution in [2.75, 3.05) is 26.0 Å². The number of piperidine rings is 1. The molecule has 1 aromatic carbocycles. The number of rotatable bonds is 3. The highest BCUT2D eigenvalue weighted by Crippen LogP contribution is 2.33. The number of nitrogens with zero attached hydrogens (tertiary/aromatic N) is 3. The molecule has 21 heavy (non-hydrogen) atoms. The van der Waals surface area contributed by atoms with Gasteiger partial charge in [-0.2, -0.15) is 0 Å². The normalized spacial score (nSPS) is 23.8. The van der Waals surface area contributed by atoms with Gasteiger partial charge in [-0.25, -0.2) is 4.98 Å². The lowest BCUT2D eigenvalue weighted by Crippen LogP contribution is -2.38. The Bertz CT molecular complexity index is 640. The van der Waals surface area contributed by atoms with Crippen molar-refractivity contribution in [3.63, 3.8) is 0 Å². The van der Waals surface area contributed by atoms with Gasteiger partial charge in [0.2, 0.25) is 0 Å². The van der Waals surface area contributed by atoms with Crippen LogP contribution in [-0.4, -0.2) is 40.5 Å². The average molecular weight is 418 g/mol. The summed E-state index contributed by atoms with van der Waals surface area (Å²) in [5.41, 5.74) is 2.37. The Balaban J connectivity index is 2.08. The fourth-order valence-electron chi connectivity index (χ4n) is 3.48. The molecule has 2 unspecified atom stereocenters. The van der Waals surface area contributed by atoms with Crippen LogP contribution in [0.5, 0.6) is 0 Å². The zero-order valence-corrected chi connectivity index (χ0v) is 15.4. The Morgan fingerprint density at radius 1 is 1.43 bits per heavy atom. The molecule has 1 fully saturated rings. The van der Waals surface area contributed by atoms with Gasteiger partial charge in [0.25, 0.3) is 0 Å². The van der Waals surface area contributed by atoms with Crippen LogP contribution in [0.25, 0.3) is 11.0 Å². The van der Waals surface area contributed by atoms with E-state index in [0.717, 1.165) is 30.9 Å². The highest BCUT2D eigenvalue weighted by molar-refractivity contribution is 14.1. The van der Waals surface area contributed by atoms with Crippen molar-refractivity contribution < 1.29 is 0 Å². The lowest BCUT2D eigenvalue weighted by atomic mass is 9.93. The Morgan fingerprint density at radius 2 is 2.24 bits per heavy atom. The predicted molar refractivity (Wildman–Crippen MR) is 97.2 cm³/mol. The van der Waals surface area contributed by atoms with E-state index in [4.69, 9.17) is 16.6 Å². The van der Waals surface area contributed by atoms with Gasteiger partial charge < -0.3 is 9.47 Å². The first kappa shape index (κ1) is 15.6. The molecule has 2 atom stereocenters. The largest absolute Gasteiger partial charge is 0.324 e. The smallest absolute Gasteiger partial charge is 0.111 e. The molecule has 0 aliphatic carbocycles. The van der Waals surface area contributed by atoms with Crippen molar-refractivity contribution in [1.82, 2.24) is 14.5 Å². The minimum Gasteiger partial charge on any atom is -0.324 e. The molecule has 114 valence electrons. The van der Waals surface area contributed by atoms with Gasteiger partial charge in [0, 0.05) is 28.5 Å². The number of likely N-dealkylation sites (tertiary alicyclic amines) is 1. The highest BCUT2D eigenvalue weighted by atomic mass is 127. The number of halogens is 2. The molecule has 1 aliphatic rings. The number of aryl methyl sites for hydroxylation is 1. The van der Waals surface area contributed by atoms with Crippen molar-refractivity contribution in [3.05, 3.63) is 27.6 Å². The van der Waals surface area contributed by atoms with Gasteiger partial charge in [-0.3, -0.25) is 0 Å². The van der Waals surface area contributed by atoms with E-state index in [0.29, 0.717) is 17.8 Å². The topological polar surface area (TPSA) is 21.1 Å². The molecule has 1 saturated heterocycles. The molecule has 3 nitrogen and oxygen atoms in total. The lowest BCUT2D eigenvalue weighted by molar-refractivity contribution is 0.159. The summed E-state index contributed by atoms with van der Waals surface area (Å²) in [4.78, 5) is 7.27. The highest BCUT2D eigenvalue weighted by Gasteiger charge is 2.28. The van der Waals surface area contributed by atoms with E-state index in [1.165, 1.54) is 15.5 Å². The average Bonchev–Trinajstić information content (AvgIpc) is 2.76. The third-order valence-electron chi connectivity index (χ3n) is 4.44. The molecule has 0 radical (unpaired) electrons. The second kappa shape index (κ2) is 6.42. The van der Waals surface area contributed by atoms with E-state index < -0.39 is 0 Å². The molecule has 1 aliphatic heterocycles. The molecule has 2 heterocycles. The molecular weight excluding hydrogens is 397 g/mol. The molecule has 0 spiro atoms. The summed E-state index contributed by atoms with van der Waals surface area (Å²) in [7, 11) is 2.21. The van der Waals surface area contributed by atoms with Crippen LogP contribution in [0.2, 0.25) is 0 Å². The summed E-state index contributed by atoms with van der Waals surface area (Å²) in [6.07, 6.45) is 2.02. The first-order valence-electron chi connectivity index (χ1n) is 7.51. The minimum atomic E-state index is 0.532. The molecular formula is C16H21ClIN3. The Hall–Kier alpha value is -0.330. The summed E-state index contributed by atoms with van der Waals surface area (Å²) in [6.45, 7) is 4.65. The van der Waals surface area contributed by atoms with E-state index in [1.807, 2.05) is 0 Å². The van der Waals surface area contributed by atoms with Gasteiger partial charge in [0.05, 0.1) is 11.0 Å². The second-order valence-corrected chi connectivity index (χ2v) is 7.69. The van der Waals surface area contributed by atoms with Crippen molar-refractivity contribution in [1.29, 1.82) is 0 Å². The summed E-state index contributed by atoms with van der Waals surface area (Å²) >= 11 is 8.35. The Morgan fingerprint density at radius 3 is 2.95 bits per heavy atom. The van der Waals surface area contributed by atoms with Crippen LogP contribution in [0, 0.1) is 9.49 Å². The van der Waals surface area contributed by atoms with Gasteiger partial charge >= 0.3 is 0 Å². The Labute approximate surface area is 144 Å². The summed E-state index contributed by atoms with van der Waals surface area (Å²) in [6, 6.07) is 7.09. The fourth-order valence-corrected chi connectivity index (χ4v) is 4.12. The van der Waals surface area contributed by atoms with E-state index in [9.17, 15) is 0 Å². The van der Waals surface area contributed by atoms with Crippen LogP contribution in [0.3, 0.4) is 0 Å².